The molecule has 0 saturated heterocycles. The second-order valence-corrected chi connectivity index (χ2v) is 6.29. The molecule has 0 spiro atoms. The van der Waals surface area contributed by atoms with Crippen LogP contribution in [0.4, 0.5) is 0 Å². The lowest BCUT2D eigenvalue weighted by Gasteiger charge is -2.23. The fourth-order valence-electron chi connectivity index (χ4n) is 2.10. The molecule has 0 bridgehead atoms. The molecular formula is C17H28O5. The Morgan fingerprint density at radius 1 is 1.27 bits per heavy atom. The highest BCUT2D eigenvalue weighted by atomic mass is 16.5. The van der Waals surface area contributed by atoms with Gasteiger partial charge in [-0.05, 0) is 45.1 Å². The van der Waals surface area contributed by atoms with Gasteiger partial charge in [0.05, 0.1) is 11.2 Å². The third-order valence-electron chi connectivity index (χ3n) is 3.75. The van der Waals surface area contributed by atoms with E-state index in [0.29, 0.717) is 12.3 Å². The van der Waals surface area contributed by atoms with Gasteiger partial charge in [-0.2, -0.15) is 0 Å². The molecule has 0 saturated carbocycles. The average Bonchev–Trinajstić information content (AvgIpc) is 2.37. The zero-order valence-electron chi connectivity index (χ0n) is 14.2. The van der Waals surface area contributed by atoms with E-state index in [2.05, 4.69) is 6.92 Å². The van der Waals surface area contributed by atoms with Crippen LogP contribution in [-0.2, 0) is 14.3 Å². The molecule has 1 atom stereocenters. The van der Waals surface area contributed by atoms with E-state index < -0.39 is 11.9 Å². The summed E-state index contributed by atoms with van der Waals surface area (Å²) in [4.78, 5) is 21.8. The summed E-state index contributed by atoms with van der Waals surface area (Å²) in [7, 11) is 1.70. The van der Waals surface area contributed by atoms with Crippen molar-refractivity contribution in [2.75, 3.05) is 7.11 Å². The fourth-order valence-corrected chi connectivity index (χ4v) is 2.10. The molecule has 2 N–H and O–H groups in total. The third-order valence-corrected chi connectivity index (χ3v) is 3.75. The first-order chi connectivity index (χ1) is 10.1. The summed E-state index contributed by atoms with van der Waals surface area (Å²) in [5.74, 6) is -1.90. The molecule has 0 radical (unpaired) electrons. The van der Waals surface area contributed by atoms with Crippen LogP contribution in [0.15, 0.2) is 23.3 Å². The van der Waals surface area contributed by atoms with E-state index in [1.54, 1.807) is 13.2 Å². The van der Waals surface area contributed by atoms with E-state index in [-0.39, 0.29) is 16.7 Å². The first-order valence-corrected chi connectivity index (χ1v) is 7.49. The van der Waals surface area contributed by atoms with Crippen molar-refractivity contribution >= 4 is 11.9 Å². The normalized spacial score (nSPS) is 14.8. The van der Waals surface area contributed by atoms with E-state index >= 15 is 0 Å². The molecule has 0 aromatic heterocycles. The summed E-state index contributed by atoms with van der Waals surface area (Å²) in [5, 5.41) is 17.9. The van der Waals surface area contributed by atoms with Crippen LogP contribution in [0.5, 0.6) is 0 Å². The molecule has 126 valence electrons. The molecule has 0 aliphatic heterocycles. The van der Waals surface area contributed by atoms with Crippen molar-refractivity contribution in [2.24, 2.45) is 5.92 Å². The lowest BCUT2D eigenvalue weighted by atomic mass is 9.93. The summed E-state index contributed by atoms with van der Waals surface area (Å²) in [5.41, 5.74) is 0.182. The molecule has 5 nitrogen and oxygen atoms in total. The molecule has 0 aromatic carbocycles. The van der Waals surface area contributed by atoms with Crippen LogP contribution in [-0.4, -0.2) is 34.9 Å². The molecule has 0 heterocycles. The summed E-state index contributed by atoms with van der Waals surface area (Å²) in [6.07, 6.45) is 6.07. The molecule has 0 amide bonds. The second-order valence-electron chi connectivity index (χ2n) is 6.29. The van der Waals surface area contributed by atoms with Crippen LogP contribution < -0.4 is 0 Å². The number of carbonyl (C=O) groups is 2. The van der Waals surface area contributed by atoms with Gasteiger partial charge in [-0.15, -0.1) is 0 Å². The Morgan fingerprint density at radius 2 is 1.86 bits per heavy atom. The largest absolute Gasteiger partial charge is 0.478 e. The molecule has 0 aliphatic carbocycles. The zero-order chi connectivity index (χ0) is 17.3. The number of carboxylic acids is 2. The van der Waals surface area contributed by atoms with Crippen LogP contribution >= 0.6 is 0 Å². The lowest BCUT2D eigenvalue weighted by Crippen LogP contribution is -2.22. The number of carboxylic acid groups (broad SMARTS) is 2. The molecular weight excluding hydrogens is 284 g/mol. The molecule has 0 aliphatic rings. The maximum absolute atomic E-state index is 11.2. The van der Waals surface area contributed by atoms with Crippen LogP contribution in [0.1, 0.15) is 53.4 Å². The maximum atomic E-state index is 11.2. The maximum Gasteiger partial charge on any atom is 0.335 e. The minimum absolute atomic E-state index is 0.0615. The molecule has 0 fully saturated rings. The number of methoxy groups -OCH3 is 1. The van der Waals surface area contributed by atoms with Gasteiger partial charge in [0.15, 0.2) is 0 Å². The van der Waals surface area contributed by atoms with Crippen molar-refractivity contribution in [2.45, 2.75) is 59.0 Å². The van der Waals surface area contributed by atoms with E-state index in [9.17, 15) is 9.59 Å². The standard InChI is InChI=1S/C17H28O5/c1-12(7-6-10-17(3,4)22-5)8-9-14(16(20)21)13(2)11-15(18)19/h9,11-12H,6-8,10H2,1-5H3,(H,18,19)(H,20,21)/b13-11+,14-9+/t12-/m0/s1. The number of hydrogen-bond acceptors (Lipinski definition) is 3. The molecule has 5 heteroatoms. The van der Waals surface area contributed by atoms with Crippen molar-refractivity contribution in [1.29, 1.82) is 0 Å². The minimum Gasteiger partial charge on any atom is -0.478 e. The van der Waals surface area contributed by atoms with Gasteiger partial charge in [-0.3, -0.25) is 0 Å². The van der Waals surface area contributed by atoms with Gasteiger partial charge < -0.3 is 14.9 Å². The topological polar surface area (TPSA) is 83.8 Å². The predicted octanol–water partition coefficient (Wildman–Crippen LogP) is 3.65. The van der Waals surface area contributed by atoms with Gasteiger partial charge in [0.2, 0.25) is 0 Å². The fraction of sp³-hybridized carbons (Fsp3) is 0.647. The Balaban J connectivity index is 4.57. The second kappa shape index (κ2) is 9.41. The van der Waals surface area contributed by atoms with Gasteiger partial charge in [-0.25, -0.2) is 9.59 Å². The highest BCUT2D eigenvalue weighted by Crippen LogP contribution is 2.21. The Morgan fingerprint density at radius 3 is 2.32 bits per heavy atom. The zero-order valence-corrected chi connectivity index (χ0v) is 14.2. The summed E-state index contributed by atoms with van der Waals surface area (Å²) in [6, 6.07) is 0. The molecule has 22 heavy (non-hydrogen) atoms. The van der Waals surface area contributed by atoms with E-state index in [1.165, 1.54) is 6.92 Å². The van der Waals surface area contributed by atoms with Crippen molar-refractivity contribution in [1.82, 2.24) is 0 Å². The van der Waals surface area contributed by atoms with Gasteiger partial charge in [-0.1, -0.05) is 25.8 Å². The van der Waals surface area contributed by atoms with E-state index in [4.69, 9.17) is 14.9 Å². The monoisotopic (exact) mass is 312 g/mol. The number of allylic oxidation sites excluding steroid dienone is 1. The number of rotatable bonds is 10. The number of aliphatic carboxylic acids is 2. The minimum atomic E-state index is -1.14. The van der Waals surface area contributed by atoms with Gasteiger partial charge in [0.1, 0.15) is 0 Å². The quantitative estimate of drug-likeness (QED) is 0.475. The molecule has 0 unspecified atom stereocenters. The van der Waals surface area contributed by atoms with Crippen molar-refractivity contribution in [3.05, 3.63) is 23.3 Å². The smallest absolute Gasteiger partial charge is 0.335 e. The van der Waals surface area contributed by atoms with Crippen LogP contribution in [0, 0.1) is 5.92 Å². The SMILES string of the molecule is COC(C)(C)CCC[C@H](C)C/C=C(C(=O)O)\C(C)=C\C(=O)O. The molecule has 0 rings (SSSR count). The Kier molecular flexibility index (Phi) is 8.72. The van der Waals surface area contributed by atoms with E-state index in [0.717, 1.165) is 25.3 Å². The Bertz CT molecular complexity index is 446. The van der Waals surface area contributed by atoms with Gasteiger partial charge in [0.25, 0.3) is 0 Å². The van der Waals surface area contributed by atoms with Crippen molar-refractivity contribution in [3.8, 4) is 0 Å². The average molecular weight is 312 g/mol. The number of hydrogen-bond donors (Lipinski definition) is 2. The Hall–Kier alpha value is -1.62. The highest BCUT2D eigenvalue weighted by molar-refractivity contribution is 5.94. The summed E-state index contributed by atoms with van der Waals surface area (Å²) >= 11 is 0. The molecule has 0 aromatic rings. The first kappa shape index (κ1) is 20.4. The third kappa shape index (κ3) is 8.62. The van der Waals surface area contributed by atoms with Crippen LogP contribution in [0.25, 0.3) is 0 Å². The lowest BCUT2D eigenvalue weighted by molar-refractivity contribution is -0.132. The van der Waals surface area contributed by atoms with Crippen molar-refractivity contribution in [3.63, 3.8) is 0 Å². The Labute approximate surface area is 132 Å². The summed E-state index contributed by atoms with van der Waals surface area (Å²) < 4.78 is 5.36. The predicted molar refractivity (Wildman–Crippen MR) is 85.8 cm³/mol. The summed E-state index contributed by atoms with van der Waals surface area (Å²) in [6.45, 7) is 7.65. The van der Waals surface area contributed by atoms with Gasteiger partial charge >= 0.3 is 11.9 Å². The van der Waals surface area contributed by atoms with Crippen LogP contribution in [0.3, 0.4) is 0 Å². The first-order valence-electron chi connectivity index (χ1n) is 7.49. The highest BCUT2D eigenvalue weighted by Gasteiger charge is 2.16. The van der Waals surface area contributed by atoms with Crippen molar-refractivity contribution < 1.29 is 24.5 Å². The number of ether oxygens (including phenoxy) is 1. The van der Waals surface area contributed by atoms with Gasteiger partial charge in [0, 0.05) is 13.2 Å². The van der Waals surface area contributed by atoms with E-state index in [1.807, 2.05) is 13.8 Å². The van der Waals surface area contributed by atoms with Crippen LogP contribution in [0.2, 0.25) is 0 Å².